The van der Waals surface area contributed by atoms with E-state index in [0.29, 0.717) is 22.9 Å². The van der Waals surface area contributed by atoms with Gasteiger partial charge in [0, 0.05) is 11.8 Å². The molecule has 10 heteroatoms. The molecule has 27 heavy (non-hydrogen) atoms. The average molecular weight is 370 g/mol. The zero-order chi connectivity index (χ0) is 19.4. The van der Waals surface area contributed by atoms with Crippen molar-refractivity contribution in [1.82, 2.24) is 19.7 Å². The van der Waals surface area contributed by atoms with Crippen molar-refractivity contribution in [3.05, 3.63) is 42.2 Å². The number of aromatic nitrogens is 4. The Bertz CT molecular complexity index is 932. The van der Waals surface area contributed by atoms with E-state index in [2.05, 4.69) is 20.4 Å². The van der Waals surface area contributed by atoms with E-state index in [-0.39, 0.29) is 17.5 Å². The van der Waals surface area contributed by atoms with Crippen LogP contribution in [-0.4, -0.2) is 47.0 Å². The number of hydrogen-bond acceptors (Lipinski definition) is 9. The molecule has 0 bridgehead atoms. The molecule has 2 heterocycles. The highest BCUT2D eigenvalue weighted by Crippen LogP contribution is 2.38. The number of carbonyl (C=O) groups is 1. The highest BCUT2D eigenvalue weighted by atomic mass is 16.5. The van der Waals surface area contributed by atoms with Crippen LogP contribution in [0.5, 0.6) is 17.2 Å². The fourth-order valence-corrected chi connectivity index (χ4v) is 2.42. The summed E-state index contributed by atoms with van der Waals surface area (Å²) in [6.45, 7) is 0. The van der Waals surface area contributed by atoms with Gasteiger partial charge in [0.05, 0.1) is 33.2 Å². The minimum atomic E-state index is -0.501. The van der Waals surface area contributed by atoms with Gasteiger partial charge in [0.25, 0.3) is 5.91 Å². The topological polar surface area (TPSA) is 126 Å². The van der Waals surface area contributed by atoms with Crippen LogP contribution in [0.15, 0.2) is 36.7 Å². The van der Waals surface area contributed by atoms with Crippen LogP contribution in [-0.2, 0) is 0 Å². The predicted octanol–water partition coefficient (Wildman–Crippen LogP) is 1.71. The molecule has 140 valence electrons. The highest BCUT2D eigenvalue weighted by Gasteiger charge is 2.21. The Hall–Kier alpha value is -3.82. The van der Waals surface area contributed by atoms with Crippen LogP contribution < -0.4 is 25.3 Å². The molecule has 0 radical (unpaired) electrons. The lowest BCUT2D eigenvalue weighted by Crippen LogP contribution is -2.17. The molecule has 0 aliphatic rings. The molecule has 0 aliphatic carbocycles. The minimum Gasteiger partial charge on any atom is -0.493 e. The maximum Gasteiger partial charge on any atom is 0.281 e. The quantitative estimate of drug-likeness (QED) is 0.666. The first-order valence-electron chi connectivity index (χ1n) is 7.81. The van der Waals surface area contributed by atoms with Gasteiger partial charge in [-0.25, -0.2) is 0 Å². The molecule has 3 N–H and O–H groups in total. The Balaban J connectivity index is 1.94. The number of ether oxygens (including phenoxy) is 3. The van der Waals surface area contributed by atoms with E-state index >= 15 is 0 Å². The second-order valence-electron chi connectivity index (χ2n) is 5.29. The number of nitrogen functional groups attached to an aromatic ring is 1. The van der Waals surface area contributed by atoms with Gasteiger partial charge in [0.15, 0.2) is 11.5 Å². The summed E-state index contributed by atoms with van der Waals surface area (Å²) in [7, 11) is 4.41. The molecular formula is C17H18N6O4. The number of benzene rings is 1. The lowest BCUT2D eigenvalue weighted by atomic mass is 10.1. The molecule has 0 saturated carbocycles. The molecule has 1 aromatic carbocycles. The standard InChI is InChI=1S/C17H18N6O4/c1-25-12-7-10(8-13(26-2)14(12)27-3)15(24)23-16(18)21-17(22-23)20-11-5-4-6-19-9-11/h4-9H,1-3H3,(H3,18,20,21,22). The number of pyridine rings is 1. The highest BCUT2D eigenvalue weighted by molar-refractivity contribution is 5.98. The average Bonchev–Trinajstić information content (AvgIpc) is 3.06. The molecule has 0 spiro atoms. The number of nitrogens with zero attached hydrogens (tertiary/aromatic N) is 4. The van der Waals surface area contributed by atoms with Gasteiger partial charge in [-0.15, -0.1) is 5.10 Å². The first-order valence-corrected chi connectivity index (χ1v) is 7.81. The number of carbonyl (C=O) groups excluding carboxylic acids is 1. The van der Waals surface area contributed by atoms with Gasteiger partial charge in [-0.3, -0.25) is 9.78 Å². The SMILES string of the molecule is COc1cc(C(=O)n2nc(Nc3cccnc3)nc2N)cc(OC)c1OC. The van der Waals surface area contributed by atoms with E-state index < -0.39 is 5.91 Å². The second-order valence-corrected chi connectivity index (χ2v) is 5.29. The van der Waals surface area contributed by atoms with Gasteiger partial charge < -0.3 is 25.3 Å². The smallest absolute Gasteiger partial charge is 0.281 e. The molecular weight excluding hydrogens is 352 g/mol. The van der Waals surface area contributed by atoms with Crippen LogP contribution in [0.1, 0.15) is 10.4 Å². The van der Waals surface area contributed by atoms with Crippen molar-refractivity contribution in [3.63, 3.8) is 0 Å². The number of anilines is 3. The molecule has 10 nitrogen and oxygen atoms in total. The summed E-state index contributed by atoms with van der Waals surface area (Å²) in [4.78, 5) is 20.9. The molecule has 0 unspecified atom stereocenters. The van der Waals surface area contributed by atoms with E-state index in [1.54, 1.807) is 24.5 Å². The summed E-state index contributed by atoms with van der Waals surface area (Å²) in [5, 5.41) is 7.04. The number of methoxy groups -OCH3 is 3. The first-order chi connectivity index (χ1) is 13.1. The summed E-state index contributed by atoms with van der Waals surface area (Å²) in [6.07, 6.45) is 3.23. The molecule has 0 atom stereocenters. The third kappa shape index (κ3) is 3.59. The number of nitrogens with two attached hydrogens (primary N) is 1. The normalized spacial score (nSPS) is 10.3. The van der Waals surface area contributed by atoms with Crippen molar-refractivity contribution in [1.29, 1.82) is 0 Å². The monoisotopic (exact) mass is 370 g/mol. The van der Waals surface area contributed by atoms with Crippen LogP contribution in [0.4, 0.5) is 17.6 Å². The van der Waals surface area contributed by atoms with Crippen molar-refractivity contribution >= 4 is 23.5 Å². The minimum absolute atomic E-state index is 0.0693. The van der Waals surface area contributed by atoms with Gasteiger partial charge >= 0.3 is 0 Å². The van der Waals surface area contributed by atoms with E-state index in [4.69, 9.17) is 19.9 Å². The lowest BCUT2D eigenvalue weighted by molar-refractivity contribution is 0.0947. The van der Waals surface area contributed by atoms with Crippen LogP contribution in [0.3, 0.4) is 0 Å². The van der Waals surface area contributed by atoms with Gasteiger partial charge in [-0.2, -0.15) is 9.67 Å². The van der Waals surface area contributed by atoms with Crippen molar-refractivity contribution in [3.8, 4) is 17.2 Å². The summed E-state index contributed by atoms with van der Waals surface area (Å²) >= 11 is 0. The van der Waals surface area contributed by atoms with Gasteiger partial charge in [0.1, 0.15) is 0 Å². The maximum atomic E-state index is 12.9. The third-order valence-electron chi connectivity index (χ3n) is 3.65. The van der Waals surface area contributed by atoms with Crippen LogP contribution in [0.25, 0.3) is 0 Å². The van der Waals surface area contributed by atoms with Crippen molar-refractivity contribution in [2.24, 2.45) is 0 Å². The van der Waals surface area contributed by atoms with Crippen molar-refractivity contribution in [2.45, 2.75) is 0 Å². The van der Waals surface area contributed by atoms with Crippen LogP contribution in [0, 0.1) is 0 Å². The fraction of sp³-hybridized carbons (Fsp3) is 0.176. The van der Waals surface area contributed by atoms with Crippen LogP contribution in [0.2, 0.25) is 0 Å². The summed E-state index contributed by atoms with van der Waals surface area (Å²) in [5.41, 5.74) is 6.76. The Morgan fingerprint density at radius 1 is 1.15 bits per heavy atom. The maximum absolute atomic E-state index is 12.9. The summed E-state index contributed by atoms with van der Waals surface area (Å²) in [6, 6.07) is 6.56. The predicted molar refractivity (Wildman–Crippen MR) is 97.8 cm³/mol. The van der Waals surface area contributed by atoms with E-state index in [9.17, 15) is 4.79 Å². The molecule has 0 aliphatic heterocycles. The Kier molecular flexibility index (Phi) is 5.06. The molecule has 0 saturated heterocycles. The Morgan fingerprint density at radius 3 is 2.41 bits per heavy atom. The van der Waals surface area contributed by atoms with Gasteiger partial charge in [0.2, 0.25) is 17.6 Å². The number of rotatable bonds is 6. The Morgan fingerprint density at radius 2 is 1.85 bits per heavy atom. The molecule has 3 rings (SSSR count). The van der Waals surface area contributed by atoms with Crippen molar-refractivity contribution in [2.75, 3.05) is 32.4 Å². The summed E-state index contributed by atoms with van der Waals surface area (Å²) < 4.78 is 16.8. The largest absolute Gasteiger partial charge is 0.493 e. The first kappa shape index (κ1) is 18.0. The zero-order valence-corrected chi connectivity index (χ0v) is 15.0. The molecule has 2 aromatic heterocycles. The zero-order valence-electron chi connectivity index (χ0n) is 15.0. The summed E-state index contributed by atoms with van der Waals surface area (Å²) in [5.74, 6) is 0.655. The van der Waals surface area contributed by atoms with E-state index in [1.165, 1.54) is 33.5 Å². The van der Waals surface area contributed by atoms with E-state index in [1.807, 2.05) is 0 Å². The third-order valence-corrected chi connectivity index (χ3v) is 3.65. The Labute approximate surface area is 154 Å². The number of nitrogens with one attached hydrogen (secondary N) is 1. The molecule has 0 fully saturated rings. The lowest BCUT2D eigenvalue weighted by Gasteiger charge is -2.13. The second kappa shape index (κ2) is 7.60. The van der Waals surface area contributed by atoms with Gasteiger partial charge in [-0.05, 0) is 24.3 Å². The molecule has 3 aromatic rings. The fourth-order valence-electron chi connectivity index (χ4n) is 2.42. The molecule has 0 amide bonds. The number of hydrogen-bond donors (Lipinski definition) is 2. The van der Waals surface area contributed by atoms with Gasteiger partial charge in [-0.1, -0.05) is 0 Å². The van der Waals surface area contributed by atoms with Crippen LogP contribution >= 0.6 is 0 Å². The van der Waals surface area contributed by atoms with E-state index in [0.717, 1.165) is 4.68 Å². The van der Waals surface area contributed by atoms with Crippen molar-refractivity contribution < 1.29 is 19.0 Å².